The summed E-state index contributed by atoms with van der Waals surface area (Å²) >= 11 is 2.87. The third-order valence-electron chi connectivity index (χ3n) is 1.32. The van der Waals surface area contributed by atoms with Gasteiger partial charge in [-0.25, -0.2) is 0 Å². The Hall–Kier alpha value is 0.180. The van der Waals surface area contributed by atoms with Crippen LogP contribution in [-0.2, 0) is 10.1 Å². The molecule has 0 aromatic carbocycles. The average molecular weight is 285 g/mol. The Labute approximate surface area is 82.2 Å². The van der Waals surface area contributed by atoms with E-state index in [9.17, 15) is 21.6 Å². The number of rotatable bonds is 4. The monoisotopic (exact) mass is 284 g/mol. The van der Waals surface area contributed by atoms with E-state index in [1.807, 2.05) is 0 Å². The minimum atomic E-state index is -5.04. The predicted molar refractivity (Wildman–Crippen MR) is 44.4 cm³/mol. The fourth-order valence-corrected chi connectivity index (χ4v) is 1.87. The molecule has 80 valence electrons. The molecule has 0 aliphatic heterocycles. The van der Waals surface area contributed by atoms with Gasteiger partial charge in [-0.3, -0.25) is 4.55 Å². The number of alkyl halides is 4. The van der Waals surface area contributed by atoms with Crippen LogP contribution < -0.4 is 0 Å². The van der Waals surface area contributed by atoms with E-state index in [4.69, 9.17) is 4.55 Å². The van der Waals surface area contributed by atoms with Crippen LogP contribution in [0.5, 0.6) is 0 Å². The quantitative estimate of drug-likeness (QED) is 0.634. The molecule has 1 N–H and O–H groups in total. The minimum absolute atomic E-state index is 0.0317. The van der Waals surface area contributed by atoms with Crippen LogP contribution >= 0.6 is 15.9 Å². The predicted octanol–water partition coefficient (Wildman–Crippen LogP) is 1.98. The maximum Gasteiger partial charge on any atom is 0.407 e. The third kappa shape index (κ3) is 4.82. The molecule has 8 heteroatoms. The molecule has 0 saturated heterocycles. The summed E-state index contributed by atoms with van der Waals surface area (Å²) in [6.45, 7) is 0. The molecular formula is C5H8BrF3O3S. The van der Waals surface area contributed by atoms with Crippen LogP contribution in [0.15, 0.2) is 0 Å². The minimum Gasteiger partial charge on any atom is -0.285 e. The molecule has 1 unspecified atom stereocenters. The highest BCUT2D eigenvalue weighted by molar-refractivity contribution is 9.09. The van der Waals surface area contributed by atoms with Crippen molar-refractivity contribution in [3.63, 3.8) is 0 Å². The standard InChI is InChI=1S/C5H8BrF3O3S/c6-3-1-2-4(5(7,8)9)13(10,11)12/h4H,1-3H2,(H,10,11,12). The molecule has 0 aliphatic rings. The van der Waals surface area contributed by atoms with Gasteiger partial charge in [0, 0.05) is 5.33 Å². The summed E-state index contributed by atoms with van der Waals surface area (Å²) in [4.78, 5) is 0. The van der Waals surface area contributed by atoms with Crippen molar-refractivity contribution in [3.8, 4) is 0 Å². The van der Waals surface area contributed by atoms with Gasteiger partial charge >= 0.3 is 6.18 Å². The van der Waals surface area contributed by atoms with Crippen LogP contribution in [0.4, 0.5) is 13.2 Å². The largest absolute Gasteiger partial charge is 0.407 e. The summed E-state index contributed by atoms with van der Waals surface area (Å²) in [6.07, 6.45) is -5.51. The van der Waals surface area contributed by atoms with Crippen molar-refractivity contribution < 1.29 is 26.1 Å². The Morgan fingerprint density at radius 2 is 1.85 bits per heavy atom. The highest BCUT2D eigenvalue weighted by Gasteiger charge is 2.47. The normalized spacial score (nSPS) is 15.8. The van der Waals surface area contributed by atoms with Crippen LogP contribution in [-0.4, -0.2) is 29.7 Å². The zero-order valence-corrected chi connectivity index (χ0v) is 8.78. The second-order valence-corrected chi connectivity index (χ2v) is 4.77. The molecule has 0 rings (SSSR count). The van der Waals surface area contributed by atoms with Crippen molar-refractivity contribution in [2.75, 3.05) is 5.33 Å². The van der Waals surface area contributed by atoms with Gasteiger partial charge in [0.15, 0.2) is 5.25 Å². The number of hydrogen-bond acceptors (Lipinski definition) is 2. The smallest absolute Gasteiger partial charge is 0.285 e. The molecule has 0 heterocycles. The van der Waals surface area contributed by atoms with Crippen LogP contribution in [0, 0.1) is 0 Å². The van der Waals surface area contributed by atoms with Crippen molar-refractivity contribution in [2.24, 2.45) is 0 Å². The summed E-state index contributed by atoms with van der Waals surface area (Å²) < 4.78 is 64.8. The van der Waals surface area contributed by atoms with Gasteiger partial charge in [-0.1, -0.05) is 15.9 Å². The summed E-state index contributed by atoms with van der Waals surface area (Å²) in [6, 6.07) is 0. The molecule has 0 spiro atoms. The first-order chi connectivity index (χ1) is 5.69. The van der Waals surface area contributed by atoms with Crippen molar-refractivity contribution in [2.45, 2.75) is 24.3 Å². The number of hydrogen-bond donors (Lipinski definition) is 1. The van der Waals surface area contributed by atoms with Crippen LogP contribution in [0.25, 0.3) is 0 Å². The first-order valence-electron chi connectivity index (χ1n) is 3.28. The Morgan fingerprint density at radius 3 is 2.08 bits per heavy atom. The zero-order chi connectivity index (χ0) is 10.7. The highest BCUT2D eigenvalue weighted by Crippen LogP contribution is 2.28. The summed E-state index contributed by atoms with van der Waals surface area (Å²) in [5, 5.41) is -2.41. The zero-order valence-electron chi connectivity index (χ0n) is 6.38. The van der Waals surface area contributed by atoms with Crippen LogP contribution in [0.2, 0.25) is 0 Å². The molecule has 13 heavy (non-hydrogen) atoms. The van der Waals surface area contributed by atoms with Gasteiger partial charge < -0.3 is 0 Å². The van der Waals surface area contributed by atoms with Gasteiger partial charge in [-0.15, -0.1) is 0 Å². The van der Waals surface area contributed by atoms with Gasteiger partial charge in [0.05, 0.1) is 0 Å². The van der Waals surface area contributed by atoms with Gasteiger partial charge in [0.1, 0.15) is 0 Å². The van der Waals surface area contributed by atoms with Crippen LogP contribution in [0.3, 0.4) is 0 Å². The maximum absolute atomic E-state index is 12.0. The average Bonchev–Trinajstić information content (AvgIpc) is 1.81. The third-order valence-corrected chi connectivity index (χ3v) is 3.11. The molecule has 1 atom stereocenters. The Morgan fingerprint density at radius 1 is 1.38 bits per heavy atom. The van der Waals surface area contributed by atoms with E-state index in [-0.39, 0.29) is 11.8 Å². The topological polar surface area (TPSA) is 54.4 Å². The molecule has 3 nitrogen and oxygen atoms in total. The van der Waals surface area contributed by atoms with Gasteiger partial charge in [-0.05, 0) is 12.8 Å². The Kier molecular flexibility index (Phi) is 4.67. The van der Waals surface area contributed by atoms with E-state index >= 15 is 0 Å². The fourth-order valence-electron chi connectivity index (χ4n) is 0.744. The maximum atomic E-state index is 12.0. The van der Waals surface area contributed by atoms with Crippen LogP contribution in [0.1, 0.15) is 12.8 Å². The van der Waals surface area contributed by atoms with E-state index in [2.05, 4.69) is 15.9 Å². The van der Waals surface area contributed by atoms with Gasteiger partial charge in [0.25, 0.3) is 10.1 Å². The molecular weight excluding hydrogens is 277 g/mol. The Bertz CT molecular complexity index is 248. The molecule has 0 amide bonds. The molecule has 0 saturated carbocycles. The van der Waals surface area contributed by atoms with E-state index in [1.165, 1.54) is 0 Å². The lowest BCUT2D eigenvalue weighted by Crippen LogP contribution is -2.36. The summed E-state index contributed by atoms with van der Waals surface area (Å²) in [5.74, 6) is 0. The van der Waals surface area contributed by atoms with E-state index in [0.29, 0.717) is 0 Å². The van der Waals surface area contributed by atoms with Crippen molar-refractivity contribution in [1.29, 1.82) is 0 Å². The number of halogens is 4. The Balaban J connectivity index is 4.59. The molecule has 0 bridgehead atoms. The fraction of sp³-hybridized carbons (Fsp3) is 1.00. The summed E-state index contributed by atoms with van der Waals surface area (Å²) in [7, 11) is -5.04. The first kappa shape index (κ1) is 13.2. The molecule has 0 radical (unpaired) electrons. The molecule has 0 aromatic heterocycles. The van der Waals surface area contributed by atoms with Crippen molar-refractivity contribution in [3.05, 3.63) is 0 Å². The van der Waals surface area contributed by atoms with Gasteiger partial charge in [0.2, 0.25) is 0 Å². The summed E-state index contributed by atoms with van der Waals surface area (Å²) in [5.41, 5.74) is 0. The molecule has 0 fully saturated rings. The lowest BCUT2D eigenvalue weighted by molar-refractivity contribution is -0.132. The van der Waals surface area contributed by atoms with E-state index in [0.717, 1.165) is 0 Å². The molecule has 0 aliphatic carbocycles. The first-order valence-corrected chi connectivity index (χ1v) is 5.91. The van der Waals surface area contributed by atoms with Crippen molar-refractivity contribution >= 4 is 26.0 Å². The lowest BCUT2D eigenvalue weighted by atomic mass is 10.2. The van der Waals surface area contributed by atoms with Crippen molar-refractivity contribution in [1.82, 2.24) is 0 Å². The molecule has 0 aromatic rings. The second-order valence-electron chi connectivity index (χ2n) is 2.38. The van der Waals surface area contributed by atoms with E-state index in [1.54, 1.807) is 0 Å². The second kappa shape index (κ2) is 4.61. The van der Waals surface area contributed by atoms with E-state index < -0.39 is 28.0 Å². The van der Waals surface area contributed by atoms with Gasteiger partial charge in [-0.2, -0.15) is 21.6 Å². The highest BCUT2D eigenvalue weighted by atomic mass is 79.9. The SMILES string of the molecule is O=S(=O)(O)C(CCCBr)C(F)(F)F. The lowest BCUT2D eigenvalue weighted by Gasteiger charge is -2.16.